The Labute approximate surface area is 560 Å². The smallest absolute Gasteiger partial charge is 0.0979 e. The summed E-state index contributed by atoms with van der Waals surface area (Å²) < 4.78 is 0. The maximum Gasteiger partial charge on any atom is 0.0979 e. The van der Waals surface area contributed by atoms with Gasteiger partial charge in [-0.15, -0.1) is 0 Å². The third-order valence-corrected chi connectivity index (χ3v) is 22.0. The number of aromatic nitrogens is 2. The van der Waals surface area contributed by atoms with Crippen molar-refractivity contribution in [3.05, 3.63) is 383 Å². The fraction of sp³-hybridized carbons (Fsp3) is 0.0638. The molecule has 1 unspecified atom stereocenters. The number of benzene rings is 13. The highest BCUT2D eigenvalue weighted by molar-refractivity contribution is 6.05. The molecule has 0 amide bonds. The molecule has 0 bridgehead atoms. The Hall–Kier alpha value is -11.8. The summed E-state index contributed by atoms with van der Waals surface area (Å²) in [6.45, 7) is 0. The molecule has 96 heavy (non-hydrogen) atoms. The third-order valence-electron chi connectivity index (χ3n) is 22.0. The summed E-state index contributed by atoms with van der Waals surface area (Å²) in [6, 6.07) is 113. The van der Waals surface area contributed by atoms with E-state index >= 15 is 0 Å². The number of fused-ring (bicyclic) bond motifs is 19. The summed E-state index contributed by atoms with van der Waals surface area (Å²) in [5.74, 6) is 0. The first-order valence-electron chi connectivity index (χ1n) is 34.0. The molecule has 1 atom stereocenters. The molecule has 2 nitrogen and oxygen atoms in total. The Kier molecular flexibility index (Phi) is 12.2. The van der Waals surface area contributed by atoms with Crippen LogP contribution >= 0.6 is 0 Å². The fourth-order valence-electron chi connectivity index (χ4n) is 17.8. The van der Waals surface area contributed by atoms with E-state index in [9.17, 15) is 0 Å². The summed E-state index contributed by atoms with van der Waals surface area (Å²) in [4.78, 5) is 11.9. The van der Waals surface area contributed by atoms with Crippen molar-refractivity contribution in [2.24, 2.45) is 0 Å². The standard InChI is InChI=1S/C94H62N2/c1-3-19-59(20-4-1)61-35-43-65(44-36-61)71-55-56-72(66-45-37-62(38-46-66)60-21-5-2-6-22-60)92-91(71)95-89(67-47-39-63(40-48-67)69-51-53-79-77-27-11-17-33-85(77)93(87(79)57-69)81-29-13-7-23-73(81)74-24-8-14-30-82(74)93)90(96-92)68-49-41-64(42-50-68)70-52-54-80-78-28-12-18-34-86(78)94(88(80)58-70)83-31-15-9-25-75(83)76-26-10-16-32-84(76)94/h1-15,17,19-31,33,35-58H,16,18,32,34H2. The van der Waals surface area contributed by atoms with Crippen molar-refractivity contribution in [3.8, 4) is 112 Å². The van der Waals surface area contributed by atoms with E-state index in [0.717, 1.165) is 87.0 Å². The van der Waals surface area contributed by atoms with Gasteiger partial charge in [0.05, 0.1) is 33.3 Å². The molecule has 0 saturated carbocycles. The summed E-state index contributed by atoms with van der Waals surface area (Å²) in [6.07, 6.45) is 13.9. The van der Waals surface area contributed by atoms with Crippen LogP contribution in [0, 0.1) is 0 Å². The first-order chi connectivity index (χ1) is 47.6. The van der Waals surface area contributed by atoms with Crippen LogP contribution < -0.4 is 0 Å². The topological polar surface area (TPSA) is 25.8 Å². The first-order valence-corrected chi connectivity index (χ1v) is 34.0. The molecule has 14 aromatic rings. The van der Waals surface area contributed by atoms with Gasteiger partial charge in [0.2, 0.25) is 0 Å². The van der Waals surface area contributed by atoms with Gasteiger partial charge >= 0.3 is 0 Å². The minimum atomic E-state index is -0.434. The van der Waals surface area contributed by atoms with E-state index in [2.05, 4.69) is 328 Å². The molecular formula is C94H62N2. The zero-order chi connectivity index (χ0) is 63.1. The van der Waals surface area contributed by atoms with E-state index in [4.69, 9.17) is 9.97 Å². The third kappa shape index (κ3) is 7.93. The van der Waals surface area contributed by atoms with E-state index in [-0.39, 0.29) is 5.41 Å². The summed E-state index contributed by atoms with van der Waals surface area (Å²) in [7, 11) is 0. The number of hydrogen-bond acceptors (Lipinski definition) is 2. The van der Waals surface area contributed by atoms with Crippen molar-refractivity contribution in [3.63, 3.8) is 0 Å². The largest absolute Gasteiger partial charge is 0.243 e. The molecule has 2 heteroatoms. The van der Waals surface area contributed by atoms with Crippen molar-refractivity contribution in [2.45, 2.75) is 36.5 Å². The second kappa shape index (κ2) is 21.3. The highest BCUT2D eigenvalue weighted by Crippen LogP contribution is 2.66. The predicted octanol–water partition coefficient (Wildman–Crippen LogP) is 23.8. The summed E-state index contributed by atoms with van der Waals surface area (Å²) in [5.41, 5.74) is 40.5. The van der Waals surface area contributed by atoms with Crippen LogP contribution in [0.3, 0.4) is 0 Å². The molecule has 0 aliphatic heterocycles. The van der Waals surface area contributed by atoms with Gasteiger partial charge in [0.1, 0.15) is 0 Å². The lowest BCUT2D eigenvalue weighted by Gasteiger charge is -2.36. The van der Waals surface area contributed by atoms with Crippen LogP contribution in [0.1, 0.15) is 70.2 Å². The van der Waals surface area contributed by atoms with Crippen molar-refractivity contribution < 1.29 is 0 Å². The van der Waals surface area contributed by atoms with Crippen molar-refractivity contribution in [1.82, 2.24) is 9.97 Å². The van der Waals surface area contributed by atoms with Crippen molar-refractivity contribution in [1.29, 1.82) is 0 Å². The summed E-state index contributed by atoms with van der Waals surface area (Å²) in [5, 5.41) is 0. The molecule has 20 rings (SSSR count). The van der Waals surface area contributed by atoms with Crippen LogP contribution in [-0.2, 0) is 10.8 Å². The van der Waals surface area contributed by atoms with E-state index in [1.54, 1.807) is 11.1 Å². The SMILES string of the molecule is C1=CC2=C(CC1)C1(C3=C(C=CCC3)c3ccc(-c4ccc(-c5nc6c(-c7ccc(-c8ccccc8)cc7)ccc(-c7ccc(-c8ccccc8)cc7)c6nc5-c5ccc(-c6ccc7c(c6)C6(c8ccccc8-c8ccccc86)c6ccccc6-7)cc5)cc4)cc31)c1ccccc12. The van der Waals surface area contributed by atoms with E-state index < -0.39 is 5.41 Å². The highest BCUT2D eigenvalue weighted by atomic mass is 14.8. The second-order valence-electron chi connectivity index (χ2n) is 26.7. The van der Waals surface area contributed by atoms with Crippen molar-refractivity contribution >= 4 is 22.2 Å². The molecule has 1 aromatic heterocycles. The normalized spacial score (nSPS) is 16.1. The zero-order valence-corrected chi connectivity index (χ0v) is 52.9. The zero-order valence-electron chi connectivity index (χ0n) is 52.9. The Balaban J connectivity index is 0.753. The first kappa shape index (κ1) is 54.7. The van der Waals surface area contributed by atoms with Crippen LogP contribution in [0.5, 0.6) is 0 Å². The van der Waals surface area contributed by atoms with Crippen LogP contribution in [-0.4, -0.2) is 9.97 Å². The number of hydrogen-bond donors (Lipinski definition) is 0. The van der Waals surface area contributed by atoms with Crippen LogP contribution in [0.2, 0.25) is 0 Å². The van der Waals surface area contributed by atoms with Crippen LogP contribution in [0.15, 0.2) is 339 Å². The Morgan fingerprint density at radius 2 is 0.510 bits per heavy atom. The lowest BCUT2D eigenvalue weighted by atomic mass is 9.65. The van der Waals surface area contributed by atoms with Gasteiger partial charge in [-0.05, 0) is 183 Å². The molecule has 0 fully saturated rings. The van der Waals surface area contributed by atoms with Gasteiger partial charge in [0.25, 0.3) is 0 Å². The van der Waals surface area contributed by atoms with Gasteiger partial charge in [0, 0.05) is 22.3 Å². The number of allylic oxidation sites excluding steroid dienone is 8. The van der Waals surface area contributed by atoms with Crippen LogP contribution in [0.4, 0.5) is 0 Å². The van der Waals surface area contributed by atoms with Gasteiger partial charge in [0.15, 0.2) is 0 Å². The van der Waals surface area contributed by atoms with Crippen molar-refractivity contribution in [2.75, 3.05) is 0 Å². The molecule has 0 N–H and O–H groups in total. The second-order valence-corrected chi connectivity index (χ2v) is 26.7. The molecule has 0 saturated heterocycles. The molecule has 6 aliphatic carbocycles. The van der Waals surface area contributed by atoms with Gasteiger partial charge in [-0.2, -0.15) is 0 Å². The monoisotopic (exact) mass is 1220 g/mol. The molecule has 0 radical (unpaired) electrons. The molecule has 13 aromatic carbocycles. The molecule has 2 spiro atoms. The number of nitrogens with zero attached hydrogens (tertiary/aromatic N) is 2. The highest BCUT2D eigenvalue weighted by Gasteiger charge is 2.54. The quantitative estimate of drug-likeness (QED) is 0.152. The van der Waals surface area contributed by atoms with Gasteiger partial charge in [-0.25, -0.2) is 9.97 Å². The Morgan fingerprint density at radius 1 is 0.219 bits per heavy atom. The molecule has 1 heterocycles. The lowest BCUT2D eigenvalue weighted by Crippen LogP contribution is -2.29. The molecule has 6 aliphatic rings. The van der Waals surface area contributed by atoms with E-state index in [1.807, 2.05) is 0 Å². The Morgan fingerprint density at radius 3 is 0.948 bits per heavy atom. The van der Waals surface area contributed by atoms with Crippen LogP contribution in [0.25, 0.3) is 134 Å². The van der Waals surface area contributed by atoms with Gasteiger partial charge in [-0.1, -0.05) is 315 Å². The lowest BCUT2D eigenvalue weighted by molar-refractivity contribution is 0.661. The molecular weight excluding hydrogens is 1160 g/mol. The van der Waals surface area contributed by atoms with E-state index in [0.29, 0.717) is 0 Å². The van der Waals surface area contributed by atoms with E-state index in [1.165, 1.54) is 117 Å². The average molecular weight is 1220 g/mol. The Bertz CT molecular complexity index is 5630. The van der Waals surface area contributed by atoms with Gasteiger partial charge in [-0.3, -0.25) is 0 Å². The summed E-state index contributed by atoms with van der Waals surface area (Å²) >= 11 is 0. The fourth-order valence-corrected chi connectivity index (χ4v) is 17.8. The minimum Gasteiger partial charge on any atom is -0.243 e. The van der Waals surface area contributed by atoms with Gasteiger partial charge < -0.3 is 0 Å². The molecule has 448 valence electrons. The average Bonchev–Trinajstić information content (AvgIpc) is 1.52. The maximum absolute atomic E-state index is 5.96. The number of rotatable bonds is 8. The minimum absolute atomic E-state index is 0.265. The maximum atomic E-state index is 5.96. The predicted molar refractivity (Wildman–Crippen MR) is 397 cm³/mol.